The highest BCUT2D eigenvalue weighted by Crippen LogP contribution is 2.76. The van der Waals surface area contributed by atoms with Gasteiger partial charge < -0.3 is 18.1 Å². The molecule has 0 aromatic heterocycles. The number of hydrogen-bond acceptors (Lipinski definition) is 11. The Hall–Kier alpha value is 1.27. The van der Waals surface area contributed by atoms with Gasteiger partial charge in [0, 0.05) is 16.4 Å². The van der Waals surface area contributed by atoms with Crippen LogP contribution in [-0.2, 0) is 27.2 Å². The van der Waals surface area contributed by atoms with E-state index in [-0.39, 0.29) is 28.7 Å². The molecule has 0 heterocycles. The van der Waals surface area contributed by atoms with Crippen LogP contribution in [0.15, 0.2) is 35.2 Å². The van der Waals surface area contributed by atoms with Crippen LogP contribution in [0, 0.1) is 0 Å². The van der Waals surface area contributed by atoms with Crippen LogP contribution < -0.4 is 0 Å². The minimum Gasteiger partial charge on any atom is -0.304 e. The molecule has 0 saturated carbocycles. The van der Waals surface area contributed by atoms with Gasteiger partial charge in [-0.3, -0.25) is 9.13 Å². The SMILES string of the molecule is CSC(SCCSC(SC)(Sc1ccccc1)P(=O)(OC(C)C)OC(C)C)P(=O)(OC(C)C)OC(C)C. The third-order valence-corrected chi connectivity index (χ3v) is 20.6. The fraction of sp³-hybridized carbons (Fsp3) is 0.750. The first-order valence-electron chi connectivity index (χ1n) is 12.2. The molecule has 1 aromatic rings. The van der Waals surface area contributed by atoms with E-state index in [1.165, 1.54) is 35.3 Å². The minimum absolute atomic E-state index is 0.215. The lowest BCUT2D eigenvalue weighted by Gasteiger charge is -2.38. The van der Waals surface area contributed by atoms with E-state index in [9.17, 15) is 9.13 Å². The molecule has 1 rings (SSSR count). The third kappa shape index (κ3) is 12.0. The van der Waals surface area contributed by atoms with Crippen molar-refractivity contribution in [1.29, 1.82) is 0 Å². The van der Waals surface area contributed by atoms with Gasteiger partial charge >= 0.3 is 15.2 Å². The molecule has 2 atom stereocenters. The molecule has 216 valence electrons. The zero-order valence-corrected chi connectivity index (χ0v) is 29.4. The zero-order chi connectivity index (χ0) is 28.3. The number of benzene rings is 1. The summed E-state index contributed by atoms with van der Waals surface area (Å²) < 4.78 is 50.7. The lowest BCUT2D eigenvalue weighted by atomic mass is 10.4. The van der Waals surface area contributed by atoms with Crippen molar-refractivity contribution in [2.75, 3.05) is 24.0 Å². The largest absolute Gasteiger partial charge is 0.367 e. The van der Waals surface area contributed by atoms with Crippen molar-refractivity contribution >= 4 is 74.0 Å². The molecule has 0 spiro atoms. The maximum Gasteiger partial charge on any atom is 0.367 e. The van der Waals surface area contributed by atoms with Gasteiger partial charge in [0.1, 0.15) is 0 Å². The average molecular weight is 651 g/mol. The standard InChI is InChI=1S/C24H44O6P2S5/c1-18(2)27-31(25,28-19(3)4)23(33-9)35-16-17-36-24(34-10,37-22-14-12-11-13-15-22)32(26,29-20(5)6)30-21(7)8/h11-15,18-21,23H,16-17H2,1-10H3. The highest BCUT2D eigenvalue weighted by molar-refractivity contribution is 8.40. The first-order valence-corrected chi connectivity index (χ1v) is 20.7. The molecule has 13 heteroatoms. The van der Waals surface area contributed by atoms with Crippen molar-refractivity contribution in [1.82, 2.24) is 0 Å². The predicted octanol–water partition coefficient (Wildman–Crippen LogP) is 9.95. The van der Waals surface area contributed by atoms with E-state index < -0.39 is 18.3 Å². The zero-order valence-electron chi connectivity index (χ0n) is 23.6. The van der Waals surface area contributed by atoms with Crippen LogP contribution in [0.1, 0.15) is 55.4 Å². The molecule has 1 aromatic carbocycles. The molecule has 0 N–H and O–H groups in total. The Morgan fingerprint density at radius 3 is 1.65 bits per heavy atom. The summed E-state index contributed by atoms with van der Waals surface area (Å²) in [5.74, 6) is 1.29. The molecule has 0 aliphatic heterocycles. The molecule has 0 fully saturated rings. The molecule has 0 radical (unpaired) electrons. The summed E-state index contributed by atoms with van der Waals surface area (Å²) in [6, 6.07) is 9.91. The lowest BCUT2D eigenvalue weighted by Crippen LogP contribution is -2.24. The Bertz CT molecular complexity index is 846. The first kappa shape index (κ1) is 36.3. The van der Waals surface area contributed by atoms with Crippen molar-refractivity contribution in [3.8, 4) is 0 Å². The quantitative estimate of drug-likeness (QED) is 0.0622. The van der Waals surface area contributed by atoms with Gasteiger partial charge in [-0.25, -0.2) is 0 Å². The van der Waals surface area contributed by atoms with Gasteiger partial charge in [-0.05, 0) is 80.0 Å². The molecule has 0 aliphatic carbocycles. The first-order chi connectivity index (χ1) is 17.2. The Kier molecular flexibility index (Phi) is 16.9. The van der Waals surface area contributed by atoms with Crippen molar-refractivity contribution in [3.05, 3.63) is 30.3 Å². The summed E-state index contributed by atoms with van der Waals surface area (Å²) in [7, 11) is -6.96. The van der Waals surface area contributed by atoms with E-state index in [0.29, 0.717) is 11.5 Å². The molecule has 0 amide bonds. The van der Waals surface area contributed by atoms with Crippen LogP contribution in [-0.4, -0.2) is 55.9 Å². The van der Waals surface area contributed by atoms with Crippen LogP contribution in [0.5, 0.6) is 0 Å². The third-order valence-electron chi connectivity index (χ3n) is 4.09. The molecular weight excluding hydrogens is 607 g/mol. The fourth-order valence-electron chi connectivity index (χ4n) is 3.04. The van der Waals surface area contributed by atoms with E-state index in [2.05, 4.69) is 0 Å². The lowest BCUT2D eigenvalue weighted by molar-refractivity contribution is 0.142. The summed E-state index contributed by atoms with van der Waals surface area (Å²) in [6.07, 6.45) is 2.90. The van der Waals surface area contributed by atoms with Gasteiger partial charge in [0.15, 0.2) is 4.32 Å². The molecule has 2 unspecified atom stereocenters. The summed E-state index contributed by atoms with van der Waals surface area (Å²) in [4.78, 5) is 0.985. The monoisotopic (exact) mass is 650 g/mol. The Morgan fingerprint density at radius 2 is 1.24 bits per heavy atom. The second kappa shape index (κ2) is 17.3. The van der Waals surface area contributed by atoms with Crippen LogP contribution >= 0.6 is 74.0 Å². The van der Waals surface area contributed by atoms with Crippen molar-refractivity contribution in [3.63, 3.8) is 0 Å². The van der Waals surface area contributed by atoms with Crippen LogP contribution in [0.25, 0.3) is 0 Å². The van der Waals surface area contributed by atoms with Gasteiger partial charge in [-0.15, -0.1) is 47.0 Å². The van der Waals surface area contributed by atoms with Crippen LogP contribution in [0.3, 0.4) is 0 Å². The summed E-state index contributed by atoms with van der Waals surface area (Å²) in [6.45, 7) is 15.0. The Labute approximate surface area is 246 Å². The van der Waals surface area contributed by atoms with Crippen LogP contribution in [0.4, 0.5) is 0 Å². The van der Waals surface area contributed by atoms with E-state index in [0.717, 1.165) is 4.90 Å². The van der Waals surface area contributed by atoms with Crippen LogP contribution in [0.2, 0.25) is 0 Å². The molecule has 0 bridgehead atoms. The summed E-state index contributed by atoms with van der Waals surface area (Å²) in [5, 5.41) is 0. The number of rotatable bonds is 19. The van der Waals surface area contributed by atoms with Crippen molar-refractivity contribution in [2.24, 2.45) is 0 Å². The maximum absolute atomic E-state index is 14.5. The van der Waals surface area contributed by atoms with Crippen molar-refractivity contribution in [2.45, 2.75) is 92.2 Å². The predicted molar refractivity (Wildman–Crippen MR) is 171 cm³/mol. The van der Waals surface area contributed by atoms with Gasteiger partial charge in [0.2, 0.25) is 3.15 Å². The number of hydrogen-bond donors (Lipinski definition) is 0. The fourth-order valence-corrected chi connectivity index (χ4v) is 16.6. The highest BCUT2D eigenvalue weighted by atomic mass is 32.3. The molecule has 37 heavy (non-hydrogen) atoms. The summed E-state index contributed by atoms with van der Waals surface area (Å²) in [5.41, 5.74) is 0. The van der Waals surface area contributed by atoms with Gasteiger partial charge in [-0.2, -0.15) is 0 Å². The second-order valence-corrected chi connectivity index (χ2v) is 21.6. The highest BCUT2D eigenvalue weighted by Gasteiger charge is 2.54. The molecule has 6 nitrogen and oxygen atoms in total. The smallest absolute Gasteiger partial charge is 0.304 e. The van der Waals surface area contributed by atoms with E-state index in [4.69, 9.17) is 18.1 Å². The van der Waals surface area contributed by atoms with E-state index in [1.54, 1.807) is 23.5 Å². The number of thioether (sulfide) groups is 5. The second-order valence-electron chi connectivity index (χ2n) is 9.06. The topological polar surface area (TPSA) is 71.1 Å². The molecule has 0 saturated heterocycles. The maximum atomic E-state index is 14.5. The van der Waals surface area contributed by atoms with Gasteiger partial charge in [0.05, 0.1) is 24.4 Å². The minimum atomic E-state index is -3.61. The normalized spacial score (nSPS) is 15.6. The van der Waals surface area contributed by atoms with Crippen molar-refractivity contribution < 1.29 is 27.2 Å². The van der Waals surface area contributed by atoms with Gasteiger partial charge in [0.25, 0.3) is 0 Å². The summed E-state index contributed by atoms with van der Waals surface area (Å²) >= 11 is 7.57. The van der Waals surface area contributed by atoms with E-state index >= 15 is 0 Å². The Balaban J connectivity index is 3.21. The average Bonchev–Trinajstić information content (AvgIpc) is 2.76. The van der Waals surface area contributed by atoms with E-state index in [1.807, 2.05) is 98.2 Å². The molecular formula is C24H44O6P2S5. The Morgan fingerprint density at radius 1 is 0.757 bits per heavy atom. The van der Waals surface area contributed by atoms with Gasteiger partial charge in [-0.1, -0.05) is 30.0 Å². The molecule has 0 aliphatic rings.